The molecule has 23 heavy (non-hydrogen) atoms. The lowest BCUT2D eigenvalue weighted by Crippen LogP contribution is -2.49. The Balaban J connectivity index is 1.44. The number of rotatable bonds is 4. The largest absolute Gasteiger partial charge is 0.356 e. The topological polar surface area (TPSA) is 34.0 Å². The molecule has 2 aromatic heterocycles. The normalized spacial score (nSPS) is 15.1. The second kappa shape index (κ2) is 5.85. The van der Waals surface area contributed by atoms with E-state index in [0.717, 1.165) is 47.8 Å². The van der Waals surface area contributed by atoms with Crippen LogP contribution in [-0.2, 0) is 13.0 Å². The number of aromatic nitrogens is 3. The fourth-order valence-electron chi connectivity index (χ4n) is 3.23. The van der Waals surface area contributed by atoms with Crippen LogP contribution in [0.25, 0.3) is 10.9 Å². The molecule has 0 atom stereocenters. The lowest BCUT2D eigenvalue weighted by atomic mass is 10.00. The average molecular weight is 327 g/mol. The smallest absolute Gasteiger partial charge is 0.129 e. The van der Waals surface area contributed by atoms with Crippen molar-refractivity contribution in [3.63, 3.8) is 0 Å². The molecule has 1 saturated heterocycles. The maximum atomic E-state index is 6.03. The van der Waals surface area contributed by atoms with Gasteiger partial charge in [0.05, 0.1) is 5.52 Å². The molecule has 4 rings (SSSR count). The molecular weight excluding hydrogens is 308 g/mol. The molecular formula is C18H19ClN4. The van der Waals surface area contributed by atoms with Gasteiger partial charge in [-0.1, -0.05) is 18.5 Å². The fourth-order valence-corrected chi connectivity index (χ4v) is 3.41. The molecule has 1 aromatic carbocycles. The maximum Gasteiger partial charge on any atom is 0.129 e. The van der Waals surface area contributed by atoms with E-state index < -0.39 is 0 Å². The van der Waals surface area contributed by atoms with Gasteiger partial charge in [-0.2, -0.15) is 0 Å². The van der Waals surface area contributed by atoms with Gasteiger partial charge in [0.15, 0.2) is 0 Å². The molecule has 0 spiro atoms. The summed E-state index contributed by atoms with van der Waals surface area (Å²) in [7, 11) is 0. The first-order chi connectivity index (χ1) is 11.2. The number of anilines is 1. The Bertz CT molecular complexity index is 836. The highest BCUT2D eigenvalue weighted by atomic mass is 35.5. The molecule has 3 aromatic rings. The molecule has 0 N–H and O–H groups in total. The third kappa shape index (κ3) is 2.79. The molecule has 118 valence electrons. The summed E-state index contributed by atoms with van der Waals surface area (Å²) in [6.45, 7) is 5.29. The molecule has 1 aliphatic heterocycles. The van der Waals surface area contributed by atoms with Crippen LogP contribution in [0.3, 0.4) is 0 Å². The van der Waals surface area contributed by atoms with E-state index >= 15 is 0 Å². The van der Waals surface area contributed by atoms with Crippen molar-refractivity contribution in [2.75, 3.05) is 18.0 Å². The Labute approximate surface area is 140 Å². The number of benzene rings is 1. The predicted molar refractivity (Wildman–Crippen MR) is 94.1 cm³/mol. The molecule has 0 amide bonds. The Morgan fingerprint density at radius 2 is 2.09 bits per heavy atom. The molecule has 0 aliphatic carbocycles. The monoisotopic (exact) mass is 326 g/mol. The second-order valence-electron chi connectivity index (χ2n) is 6.13. The van der Waals surface area contributed by atoms with Crippen LogP contribution in [0.5, 0.6) is 0 Å². The first-order valence-corrected chi connectivity index (χ1v) is 8.42. The van der Waals surface area contributed by atoms with Gasteiger partial charge in [0.2, 0.25) is 0 Å². The fraction of sp³-hybridized carbons (Fsp3) is 0.333. The number of pyridine rings is 1. The molecule has 4 nitrogen and oxygen atoms in total. The minimum Gasteiger partial charge on any atom is -0.356 e. The van der Waals surface area contributed by atoms with Crippen molar-refractivity contribution in [3.05, 3.63) is 53.6 Å². The summed E-state index contributed by atoms with van der Waals surface area (Å²) in [4.78, 5) is 11.5. The van der Waals surface area contributed by atoms with E-state index in [0.29, 0.717) is 5.92 Å². The Morgan fingerprint density at radius 1 is 1.22 bits per heavy atom. The van der Waals surface area contributed by atoms with Crippen molar-refractivity contribution < 1.29 is 0 Å². The van der Waals surface area contributed by atoms with E-state index in [1.54, 1.807) is 0 Å². The average Bonchev–Trinajstić information content (AvgIpc) is 2.97. The second-order valence-corrected chi connectivity index (χ2v) is 6.56. The summed E-state index contributed by atoms with van der Waals surface area (Å²) in [5, 5.41) is 1.84. The Kier molecular flexibility index (Phi) is 3.69. The van der Waals surface area contributed by atoms with Crippen molar-refractivity contribution in [2.24, 2.45) is 5.92 Å². The third-order valence-electron chi connectivity index (χ3n) is 4.49. The van der Waals surface area contributed by atoms with Crippen LogP contribution in [0.1, 0.15) is 12.7 Å². The molecule has 0 unspecified atom stereocenters. The van der Waals surface area contributed by atoms with Gasteiger partial charge in [0, 0.05) is 54.8 Å². The minimum absolute atomic E-state index is 0.664. The van der Waals surface area contributed by atoms with Crippen LogP contribution in [-0.4, -0.2) is 27.6 Å². The molecule has 0 saturated carbocycles. The summed E-state index contributed by atoms with van der Waals surface area (Å²) in [6, 6.07) is 10.0. The Hall–Kier alpha value is -2.07. The highest BCUT2D eigenvalue weighted by molar-refractivity contribution is 6.31. The Morgan fingerprint density at radius 3 is 2.91 bits per heavy atom. The lowest BCUT2D eigenvalue weighted by molar-refractivity contribution is 0.351. The summed E-state index contributed by atoms with van der Waals surface area (Å²) in [6.07, 6.45) is 4.96. The van der Waals surface area contributed by atoms with Gasteiger partial charge in [0.1, 0.15) is 11.6 Å². The van der Waals surface area contributed by atoms with Gasteiger partial charge in [-0.15, -0.1) is 0 Å². The van der Waals surface area contributed by atoms with Gasteiger partial charge in [-0.25, -0.2) is 9.97 Å². The van der Waals surface area contributed by atoms with E-state index in [2.05, 4.69) is 39.7 Å². The molecule has 1 aliphatic rings. The minimum atomic E-state index is 0.664. The first kappa shape index (κ1) is 14.5. The zero-order valence-corrected chi connectivity index (χ0v) is 13.9. The number of halogens is 1. The van der Waals surface area contributed by atoms with Gasteiger partial charge >= 0.3 is 0 Å². The summed E-state index contributed by atoms with van der Waals surface area (Å²) < 4.78 is 2.28. The number of imidazole rings is 1. The highest BCUT2D eigenvalue weighted by Gasteiger charge is 2.28. The van der Waals surface area contributed by atoms with Crippen molar-refractivity contribution in [1.82, 2.24) is 14.5 Å². The van der Waals surface area contributed by atoms with E-state index in [1.807, 2.05) is 24.4 Å². The highest BCUT2D eigenvalue weighted by Crippen LogP contribution is 2.27. The van der Waals surface area contributed by atoms with Crippen LogP contribution in [0.15, 0.2) is 42.7 Å². The van der Waals surface area contributed by atoms with Crippen molar-refractivity contribution in [1.29, 1.82) is 0 Å². The van der Waals surface area contributed by atoms with Crippen molar-refractivity contribution in [2.45, 2.75) is 19.9 Å². The number of fused-ring (bicyclic) bond motifs is 1. The quantitative estimate of drug-likeness (QED) is 0.731. The maximum absolute atomic E-state index is 6.03. The first-order valence-electron chi connectivity index (χ1n) is 8.04. The zero-order chi connectivity index (χ0) is 15.8. The van der Waals surface area contributed by atoms with Crippen LogP contribution >= 0.6 is 11.6 Å². The van der Waals surface area contributed by atoms with Crippen molar-refractivity contribution in [3.8, 4) is 0 Å². The summed E-state index contributed by atoms with van der Waals surface area (Å²) >= 11 is 6.03. The number of nitrogens with zero attached hydrogens (tertiary/aromatic N) is 4. The summed E-state index contributed by atoms with van der Waals surface area (Å²) in [5.74, 6) is 2.89. The molecule has 1 fully saturated rings. The van der Waals surface area contributed by atoms with E-state index in [1.165, 1.54) is 5.82 Å². The van der Waals surface area contributed by atoms with Gasteiger partial charge < -0.3 is 9.47 Å². The number of hydrogen-bond acceptors (Lipinski definition) is 3. The van der Waals surface area contributed by atoms with E-state index in [-0.39, 0.29) is 0 Å². The standard InChI is InChI=1S/C18H19ClN4/c1-2-17-20-7-8-22(17)10-13-11-23(12-13)18-6-3-14-9-15(19)4-5-16(14)21-18/h3-9,13H,2,10-12H2,1H3. The predicted octanol–water partition coefficient (Wildman–Crippen LogP) is 3.78. The number of hydrogen-bond donors (Lipinski definition) is 0. The van der Waals surface area contributed by atoms with Crippen LogP contribution in [0.2, 0.25) is 5.02 Å². The van der Waals surface area contributed by atoms with E-state index in [9.17, 15) is 0 Å². The van der Waals surface area contributed by atoms with Crippen LogP contribution < -0.4 is 4.90 Å². The third-order valence-corrected chi connectivity index (χ3v) is 4.73. The molecule has 3 heterocycles. The molecule has 0 radical (unpaired) electrons. The lowest BCUT2D eigenvalue weighted by Gasteiger charge is -2.40. The van der Waals surface area contributed by atoms with E-state index in [4.69, 9.17) is 16.6 Å². The SMILES string of the molecule is CCc1nccn1CC1CN(c2ccc3cc(Cl)ccc3n2)C1. The van der Waals surface area contributed by atoms with Gasteiger partial charge in [0.25, 0.3) is 0 Å². The van der Waals surface area contributed by atoms with Crippen LogP contribution in [0, 0.1) is 5.92 Å². The van der Waals surface area contributed by atoms with Crippen LogP contribution in [0.4, 0.5) is 5.82 Å². The summed E-state index contributed by atoms with van der Waals surface area (Å²) in [5.41, 5.74) is 0.998. The number of aryl methyl sites for hydroxylation is 1. The van der Waals surface area contributed by atoms with Crippen molar-refractivity contribution >= 4 is 28.3 Å². The van der Waals surface area contributed by atoms with Gasteiger partial charge in [-0.05, 0) is 30.3 Å². The van der Waals surface area contributed by atoms with Gasteiger partial charge in [-0.3, -0.25) is 0 Å². The molecule has 5 heteroatoms. The molecule has 0 bridgehead atoms. The zero-order valence-electron chi connectivity index (χ0n) is 13.1.